The highest BCUT2D eigenvalue weighted by atomic mass is 16.4. The molecule has 0 aliphatic rings. The van der Waals surface area contributed by atoms with Gasteiger partial charge in [-0.15, -0.1) is 5.10 Å². The summed E-state index contributed by atoms with van der Waals surface area (Å²) in [4.78, 5) is 15.5. The van der Waals surface area contributed by atoms with Gasteiger partial charge in [-0.05, 0) is 0 Å². The van der Waals surface area contributed by atoms with Crippen LogP contribution in [-0.4, -0.2) is 45.4 Å². The molecule has 3 aromatic heterocycles. The molecule has 0 unspecified atom stereocenters. The Hall–Kier alpha value is -2.97. The Labute approximate surface area is 119 Å². The molecule has 0 aliphatic heterocycles. The monoisotopic (exact) mass is 287 g/mol. The molecule has 108 valence electrons. The van der Waals surface area contributed by atoms with Crippen molar-refractivity contribution in [2.45, 2.75) is 6.54 Å². The van der Waals surface area contributed by atoms with Gasteiger partial charge in [-0.25, -0.2) is 14.5 Å². The van der Waals surface area contributed by atoms with Gasteiger partial charge in [0.2, 0.25) is 0 Å². The number of aromatic carboxylic acids is 1. The number of carboxylic acid groups (broad SMARTS) is 1. The quantitative estimate of drug-likeness (QED) is 0.733. The van der Waals surface area contributed by atoms with E-state index < -0.39 is 5.97 Å². The zero-order valence-corrected chi connectivity index (χ0v) is 11.5. The molecule has 9 heteroatoms. The molecule has 0 atom stereocenters. The third-order valence-corrected chi connectivity index (χ3v) is 3.13. The standard InChI is InChI=1S/C12H13N7O2/c1-17-4-3-13-9(17)7-19-11(8-5-14-18(2)6-8)10(12(20)21)15-16-19/h3-6H,7H2,1-2H3,(H,20,21). The van der Waals surface area contributed by atoms with Crippen molar-refractivity contribution in [2.24, 2.45) is 14.1 Å². The van der Waals surface area contributed by atoms with Crippen LogP contribution < -0.4 is 0 Å². The summed E-state index contributed by atoms with van der Waals surface area (Å²) in [5, 5.41) is 21.0. The van der Waals surface area contributed by atoms with Crippen molar-refractivity contribution in [2.75, 3.05) is 0 Å². The minimum Gasteiger partial charge on any atom is -0.476 e. The van der Waals surface area contributed by atoms with Gasteiger partial charge in [-0.1, -0.05) is 5.21 Å². The van der Waals surface area contributed by atoms with Crippen LogP contribution in [0.3, 0.4) is 0 Å². The first-order chi connectivity index (χ1) is 10.1. The van der Waals surface area contributed by atoms with Crippen molar-refractivity contribution in [3.05, 3.63) is 36.3 Å². The van der Waals surface area contributed by atoms with Crippen LogP contribution in [0.15, 0.2) is 24.8 Å². The normalized spacial score (nSPS) is 11.0. The molecule has 0 saturated heterocycles. The van der Waals surface area contributed by atoms with Gasteiger partial charge in [0.1, 0.15) is 18.1 Å². The first-order valence-electron chi connectivity index (χ1n) is 6.18. The summed E-state index contributed by atoms with van der Waals surface area (Å²) in [6, 6.07) is 0. The third kappa shape index (κ3) is 2.29. The molecular weight excluding hydrogens is 274 g/mol. The van der Waals surface area contributed by atoms with E-state index in [1.807, 2.05) is 17.8 Å². The molecule has 21 heavy (non-hydrogen) atoms. The van der Waals surface area contributed by atoms with E-state index >= 15 is 0 Å². The Balaban J connectivity index is 2.09. The van der Waals surface area contributed by atoms with Gasteiger partial charge in [-0.3, -0.25) is 4.68 Å². The zero-order chi connectivity index (χ0) is 15.0. The highest BCUT2D eigenvalue weighted by Crippen LogP contribution is 2.22. The van der Waals surface area contributed by atoms with Crippen molar-refractivity contribution in [3.8, 4) is 11.3 Å². The van der Waals surface area contributed by atoms with Gasteiger partial charge in [0, 0.05) is 38.2 Å². The second-order valence-electron chi connectivity index (χ2n) is 4.61. The van der Waals surface area contributed by atoms with Crippen LogP contribution >= 0.6 is 0 Å². The number of aryl methyl sites for hydroxylation is 2. The highest BCUT2D eigenvalue weighted by molar-refractivity contribution is 5.92. The van der Waals surface area contributed by atoms with Crippen molar-refractivity contribution in [1.82, 2.24) is 34.3 Å². The van der Waals surface area contributed by atoms with Gasteiger partial charge in [0.05, 0.1) is 6.20 Å². The Kier molecular flexibility index (Phi) is 3.01. The van der Waals surface area contributed by atoms with Crippen LogP contribution in [-0.2, 0) is 20.6 Å². The fourth-order valence-corrected chi connectivity index (χ4v) is 2.08. The van der Waals surface area contributed by atoms with Crippen LogP contribution in [0.25, 0.3) is 11.3 Å². The summed E-state index contributed by atoms with van der Waals surface area (Å²) >= 11 is 0. The second kappa shape index (κ2) is 4.85. The van der Waals surface area contributed by atoms with E-state index in [4.69, 9.17) is 0 Å². The molecule has 3 aromatic rings. The molecule has 0 bridgehead atoms. The van der Waals surface area contributed by atoms with Gasteiger partial charge in [0.25, 0.3) is 0 Å². The zero-order valence-electron chi connectivity index (χ0n) is 11.5. The average molecular weight is 287 g/mol. The van der Waals surface area contributed by atoms with E-state index in [2.05, 4.69) is 20.4 Å². The number of hydrogen-bond acceptors (Lipinski definition) is 5. The van der Waals surface area contributed by atoms with Crippen molar-refractivity contribution < 1.29 is 9.90 Å². The van der Waals surface area contributed by atoms with Crippen LogP contribution in [0.1, 0.15) is 16.3 Å². The smallest absolute Gasteiger partial charge is 0.358 e. The molecule has 3 rings (SSSR count). The number of rotatable bonds is 4. The Morgan fingerprint density at radius 1 is 1.38 bits per heavy atom. The molecule has 0 saturated carbocycles. The molecule has 0 aliphatic carbocycles. The molecule has 3 heterocycles. The van der Waals surface area contributed by atoms with Crippen molar-refractivity contribution in [1.29, 1.82) is 0 Å². The predicted octanol–water partition coefficient (Wildman–Crippen LogP) is 0.159. The summed E-state index contributed by atoms with van der Waals surface area (Å²) < 4.78 is 4.96. The number of aromatic nitrogens is 7. The molecule has 0 radical (unpaired) electrons. The lowest BCUT2D eigenvalue weighted by Crippen LogP contribution is -2.09. The molecule has 0 amide bonds. The van der Waals surface area contributed by atoms with Gasteiger partial charge in [-0.2, -0.15) is 5.10 Å². The SMILES string of the molecule is Cn1cc(-c2c(C(=O)O)nnn2Cc2nccn2C)cn1. The van der Waals surface area contributed by atoms with E-state index in [0.29, 0.717) is 17.8 Å². The summed E-state index contributed by atoms with van der Waals surface area (Å²) in [6.45, 7) is 0.327. The van der Waals surface area contributed by atoms with E-state index in [1.54, 1.807) is 30.3 Å². The van der Waals surface area contributed by atoms with E-state index in [1.165, 1.54) is 4.68 Å². The number of nitrogens with zero attached hydrogens (tertiary/aromatic N) is 7. The average Bonchev–Trinajstić information content (AvgIpc) is 3.11. The Morgan fingerprint density at radius 3 is 2.76 bits per heavy atom. The Bertz CT molecular complexity index is 798. The van der Waals surface area contributed by atoms with Crippen molar-refractivity contribution in [3.63, 3.8) is 0 Å². The lowest BCUT2D eigenvalue weighted by molar-refractivity contribution is 0.0691. The largest absolute Gasteiger partial charge is 0.476 e. The topological polar surface area (TPSA) is 104 Å². The molecule has 1 N–H and O–H groups in total. The second-order valence-corrected chi connectivity index (χ2v) is 4.61. The summed E-state index contributed by atoms with van der Waals surface area (Å²) in [7, 11) is 3.62. The maximum Gasteiger partial charge on any atom is 0.358 e. The first-order valence-corrected chi connectivity index (χ1v) is 6.18. The van der Waals surface area contributed by atoms with E-state index in [-0.39, 0.29) is 5.69 Å². The number of hydrogen-bond donors (Lipinski definition) is 1. The summed E-state index contributed by atoms with van der Waals surface area (Å²) in [5.74, 6) is -0.373. The van der Waals surface area contributed by atoms with Gasteiger partial charge in [0.15, 0.2) is 5.69 Å². The lowest BCUT2D eigenvalue weighted by atomic mass is 10.2. The van der Waals surface area contributed by atoms with E-state index in [9.17, 15) is 9.90 Å². The maximum absolute atomic E-state index is 11.3. The lowest BCUT2D eigenvalue weighted by Gasteiger charge is -2.05. The molecular formula is C12H13N7O2. The molecule has 9 nitrogen and oxygen atoms in total. The van der Waals surface area contributed by atoms with E-state index in [0.717, 1.165) is 5.82 Å². The fraction of sp³-hybridized carbons (Fsp3) is 0.250. The molecule has 0 spiro atoms. The third-order valence-electron chi connectivity index (χ3n) is 3.13. The minimum absolute atomic E-state index is 0.0998. The number of carboxylic acids is 1. The minimum atomic E-state index is -1.13. The van der Waals surface area contributed by atoms with Gasteiger partial charge < -0.3 is 9.67 Å². The van der Waals surface area contributed by atoms with Crippen LogP contribution in [0.4, 0.5) is 0 Å². The highest BCUT2D eigenvalue weighted by Gasteiger charge is 2.22. The van der Waals surface area contributed by atoms with Crippen LogP contribution in [0.5, 0.6) is 0 Å². The number of carbonyl (C=O) groups is 1. The fourth-order valence-electron chi connectivity index (χ4n) is 2.08. The van der Waals surface area contributed by atoms with Crippen molar-refractivity contribution >= 4 is 5.97 Å². The number of imidazole rings is 1. The summed E-state index contributed by atoms with van der Waals surface area (Å²) in [5.41, 5.74) is 0.963. The van der Waals surface area contributed by atoms with Gasteiger partial charge >= 0.3 is 5.97 Å². The molecule has 0 fully saturated rings. The van der Waals surface area contributed by atoms with Crippen LogP contribution in [0, 0.1) is 0 Å². The predicted molar refractivity (Wildman–Crippen MR) is 71.5 cm³/mol. The summed E-state index contributed by atoms with van der Waals surface area (Å²) in [6.07, 6.45) is 6.79. The molecule has 0 aromatic carbocycles. The van der Waals surface area contributed by atoms with Crippen LogP contribution in [0.2, 0.25) is 0 Å². The first kappa shape index (κ1) is 13.0. The Morgan fingerprint density at radius 2 is 2.19 bits per heavy atom. The maximum atomic E-state index is 11.3.